The molecule has 2 aliphatic rings. The van der Waals surface area contributed by atoms with Crippen LogP contribution in [0.3, 0.4) is 0 Å². The van der Waals surface area contributed by atoms with Gasteiger partial charge in [0.05, 0.1) is 18.9 Å². The predicted octanol–water partition coefficient (Wildman–Crippen LogP) is 3.43. The molecule has 0 spiro atoms. The SMILES string of the molecule is COc1ccc(-c2cc(-c3cccc4c3OCO4)cc(N3CCC(O)C3)n2)c(O)c1. The Labute approximate surface area is 174 Å². The van der Waals surface area contributed by atoms with Crippen LogP contribution in [0.25, 0.3) is 22.4 Å². The first-order chi connectivity index (χ1) is 14.6. The summed E-state index contributed by atoms with van der Waals surface area (Å²) in [7, 11) is 1.56. The molecule has 0 bridgehead atoms. The Morgan fingerprint density at radius 2 is 2.00 bits per heavy atom. The number of benzene rings is 2. The van der Waals surface area contributed by atoms with Crippen LogP contribution in [0.5, 0.6) is 23.0 Å². The lowest BCUT2D eigenvalue weighted by Gasteiger charge is -2.20. The highest BCUT2D eigenvalue weighted by atomic mass is 16.7. The van der Waals surface area contributed by atoms with Crippen LogP contribution in [-0.2, 0) is 0 Å². The number of aromatic hydroxyl groups is 1. The van der Waals surface area contributed by atoms with E-state index >= 15 is 0 Å². The summed E-state index contributed by atoms with van der Waals surface area (Å²) >= 11 is 0. The fraction of sp³-hybridized carbons (Fsp3) is 0.261. The standard InChI is InChI=1S/C23H22N2O5/c1-28-16-5-6-18(20(27)11-16)19-9-14(10-22(24-19)25-8-7-15(26)12-25)17-3-2-4-21-23(17)30-13-29-21/h2-6,9-11,15,26-27H,7-8,12-13H2,1H3. The monoisotopic (exact) mass is 406 g/mol. The van der Waals surface area contributed by atoms with E-state index in [-0.39, 0.29) is 18.6 Å². The predicted molar refractivity (Wildman–Crippen MR) is 112 cm³/mol. The van der Waals surface area contributed by atoms with Crippen LogP contribution >= 0.6 is 0 Å². The number of hydrogen-bond acceptors (Lipinski definition) is 7. The highest BCUT2D eigenvalue weighted by Gasteiger charge is 2.25. The van der Waals surface area contributed by atoms with Gasteiger partial charge >= 0.3 is 0 Å². The molecule has 3 heterocycles. The molecule has 0 aliphatic carbocycles. The Morgan fingerprint density at radius 3 is 2.77 bits per heavy atom. The number of hydrogen-bond donors (Lipinski definition) is 2. The summed E-state index contributed by atoms with van der Waals surface area (Å²) < 4.78 is 16.4. The molecule has 0 saturated carbocycles. The largest absolute Gasteiger partial charge is 0.507 e. The van der Waals surface area contributed by atoms with E-state index in [1.54, 1.807) is 25.3 Å². The minimum Gasteiger partial charge on any atom is -0.507 e. The van der Waals surface area contributed by atoms with Gasteiger partial charge in [0, 0.05) is 30.3 Å². The molecule has 2 N–H and O–H groups in total. The zero-order valence-corrected chi connectivity index (χ0v) is 16.5. The Morgan fingerprint density at radius 1 is 1.10 bits per heavy atom. The van der Waals surface area contributed by atoms with Gasteiger partial charge in [-0.25, -0.2) is 4.98 Å². The third kappa shape index (κ3) is 3.27. The molecule has 2 aromatic carbocycles. The van der Waals surface area contributed by atoms with Gasteiger partial charge in [-0.3, -0.25) is 0 Å². The van der Waals surface area contributed by atoms with Crippen LogP contribution in [0.1, 0.15) is 6.42 Å². The zero-order valence-electron chi connectivity index (χ0n) is 16.5. The maximum Gasteiger partial charge on any atom is 0.231 e. The maximum atomic E-state index is 10.6. The Kier molecular flexibility index (Phi) is 4.59. The summed E-state index contributed by atoms with van der Waals surface area (Å²) in [5, 5.41) is 20.6. The number of β-amino-alcohol motifs (C(OH)–C–C–N with tert-alkyl or cyclic N) is 1. The Hall–Kier alpha value is -3.45. The fourth-order valence-electron chi connectivity index (χ4n) is 3.93. The van der Waals surface area contributed by atoms with Crippen molar-refractivity contribution in [2.24, 2.45) is 0 Å². The second-order valence-electron chi connectivity index (χ2n) is 7.41. The number of aliphatic hydroxyl groups is 1. The molecule has 1 atom stereocenters. The average Bonchev–Trinajstić information content (AvgIpc) is 3.42. The van der Waals surface area contributed by atoms with Crippen molar-refractivity contribution >= 4 is 5.82 Å². The molecule has 30 heavy (non-hydrogen) atoms. The number of nitrogens with zero attached hydrogens (tertiary/aromatic N) is 2. The molecule has 1 saturated heterocycles. The third-order valence-corrected chi connectivity index (χ3v) is 5.49. The van der Waals surface area contributed by atoms with Gasteiger partial charge < -0.3 is 29.3 Å². The van der Waals surface area contributed by atoms with Gasteiger partial charge in [0.2, 0.25) is 6.79 Å². The molecule has 2 aliphatic heterocycles. The first kappa shape index (κ1) is 18.6. The molecule has 0 radical (unpaired) electrons. The van der Waals surface area contributed by atoms with Crippen LogP contribution in [0.2, 0.25) is 0 Å². The number of phenolic OH excluding ortho intramolecular Hbond substituents is 1. The average molecular weight is 406 g/mol. The summed E-state index contributed by atoms with van der Waals surface area (Å²) in [5.74, 6) is 2.80. The number of pyridine rings is 1. The third-order valence-electron chi connectivity index (χ3n) is 5.49. The van der Waals surface area contributed by atoms with Crippen molar-refractivity contribution < 1.29 is 24.4 Å². The fourth-order valence-corrected chi connectivity index (χ4v) is 3.93. The number of fused-ring (bicyclic) bond motifs is 1. The molecule has 0 amide bonds. The first-order valence-corrected chi connectivity index (χ1v) is 9.84. The zero-order chi connectivity index (χ0) is 20.7. The molecule has 3 aromatic rings. The molecule has 1 unspecified atom stereocenters. The summed E-state index contributed by atoms with van der Waals surface area (Å²) in [5.41, 5.74) is 3.01. The smallest absolute Gasteiger partial charge is 0.231 e. The van der Waals surface area contributed by atoms with Gasteiger partial charge in [-0.05, 0) is 42.3 Å². The summed E-state index contributed by atoms with van der Waals surface area (Å²) in [6.45, 7) is 1.43. The lowest BCUT2D eigenvalue weighted by Crippen LogP contribution is -2.22. The van der Waals surface area contributed by atoms with E-state index < -0.39 is 0 Å². The van der Waals surface area contributed by atoms with Gasteiger partial charge in [-0.1, -0.05) is 12.1 Å². The van der Waals surface area contributed by atoms with E-state index in [2.05, 4.69) is 4.90 Å². The second-order valence-corrected chi connectivity index (χ2v) is 7.41. The van der Waals surface area contributed by atoms with Crippen molar-refractivity contribution in [1.29, 1.82) is 0 Å². The summed E-state index contributed by atoms with van der Waals surface area (Å²) in [6.07, 6.45) is 0.332. The lowest BCUT2D eigenvalue weighted by molar-refractivity contribution is 0.174. The van der Waals surface area contributed by atoms with Gasteiger partial charge in [0.1, 0.15) is 17.3 Å². The van der Waals surface area contributed by atoms with Crippen LogP contribution in [0, 0.1) is 0 Å². The number of para-hydroxylation sites is 1. The number of aromatic nitrogens is 1. The van der Waals surface area contributed by atoms with E-state index in [1.807, 2.05) is 30.3 Å². The van der Waals surface area contributed by atoms with Crippen molar-refractivity contribution in [3.8, 4) is 45.4 Å². The molecular formula is C23H22N2O5. The van der Waals surface area contributed by atoms with Crippen LogP contribution in [-0.4, -0.2) is 48.3 Å². The maximum absolute atomic E-state index is 10.6. The van der Waals surface area contributed by atoms with E-state index in [0.717, 1.165) is 23.5 Å². The number of rotatable bonds is 4. The van der Waals surface area contributed by atoms with Gasteiger partial charge in [0.25, 0.3) is 0 Å². The lowest BCUT2D eigenvalue weighted by atomic mass is 10.0. The van der Waals surface area contributed by atoms with Crippen LogP contribution in [0.4, 0.5) is 5.82 Å². The Balaban J connectivity index is 1.66. The molecule has 1 fully saturated rings. The molecule has 1 aromatic heterocycles. The van der Waals surface area contributed by atoms with Crippen molar-refractivity contribution in [1.82, 2.24) is 4.98 Å². The Bertz CT molecular complexity index is 1100. The number of ether oxygens (including phenoxy) is 3. The van der Waals surface area contributed by atoms with E-state index in [0.29, 0.717) is 41.5 Å². The molecule has 154 valence electrons. The summed E-state index contributed by atoms with van der Waals surface area (Å²) in [6, 6.07) is 14.8. The first-order valence-electron chi connectivity index (χ1n) is 9.84. The van der Waals surface area contributed by atoms with Gasteiger partial charge in [-0.2, -0.15) is 0 Å². The topological polar surface area (TPSA) is 84.3 Å². The van der Waals surface area contributed by atoms with Gasteiger partial charge in [0.15, 0.2) is 11.5 Å². The normalized spacial score (nSPS) is 17.4. The number of anilines is 1. The van der Waals surface area contributed by atoms with Crippen LogP contribution in [0.15, 0.2) is 48.5 Å². The van der Waals surface area contributed by atoms with Gasteiger partial charge in [-0.15, -0.1) is 0 Å². The quantitative estimate of drug-likeness (QED) is 0.687. The number of aliphatic hydroxyl groups excluding tert-OH is 1. The minimum absolute atomic E-state index is 0.0873. The van der Waals surface area contributed by atoms with E-state index in [9.17, 15) is 10.2 Å². The highest BCUT2D eigenvalue weighted by molar-refractivity contribution is 5.81. The van der Waals surface area contributed by atoms with Crippen molar-refractivity contribution in [2.45, 2.75) is 12.5 Å². The van der Waals surface area contributed by atoms with E-state index in [4.69, 9.17) is 19.2 Å². The second kappa shape index (κ2) is 7.42. The van der Waals surface area contributed by atoms with Crippen molar-refractivity contribution in [2.75, 3.05) is 31.9 Å². The summed E-state index contributed by atoms with van der Waals surface area (Å²) in [4.78, 5) is 6.85. The number of methoxy groups -OCH3 is 1. The molecule has 7 nitrogen and oxygen atoms in total. The van der Waals surface area contributed by atoms with Crippen molar-refractivity contribution in [3.05, 3.63) is 48.5 Å². The molecule has 5 rings (SSSR count). The van der Waals surface area contributed by atoms with E-state index in [1.165, 1.54) is 0 Å². The molecule has 7 heteroatoms. The minimum atomic E-state index is -0.369. The molecular weight excluding hydrogens is 384 g/mol. The number of phenols is 1. The van der Waals surface area contributed by atoms with Crippen molar-refractivity contribution in [3.63, 3.8) is 0 Å². The highest BCUT2D eigenvalue weighted by Crippen LogP contribution is 2.43. The van der Waals surface area contributed by atoms with Crippen LogP contribution < -0.4 is 19.1 Å².